The molecule has 0 unspecified atom stereocenters. The standard InChI is InChI=1S/C15H15N3O3S/c19-14-13(10-11-5-4-6-12(9-11)18(20)21)22-15(16-14)17-7-2-1-3-8-17/h4-6,9-10H,1-3,7-8H2/b13-10+. The number of amides is 1. The molecule has 0 N–H and O–H groups in total. The maximum atomic E-state index is 12.0. The van der Waals surface area contributed by atoms with Crippen LogP contribution >= 0.6 is 11.8 Å². The maximum Gasteiger partial charge on any atom is 0.286 e. The Morgan fingerprint density at radius 3 is 2.77 bits per heavy atom. The number of benzene rings is 1. The van der Waals surface area contributed by atoms with Gasteiger partial charge in [-0.15, -0.1) is 0 Å². The van der Waals surface area contributed by atoms with Crippen LogP contribution in [0.3, 0.4) is 0 Å². The quantitative estimate of drug-likeness (QED) is 0.476. The van der Waals surface area contributed by atoms with Gasteiger partial charge in [0.05, 0.1) is 9.83 Å². The molecular formula is C15H15N3O3S. The van der Waals surface area contributed by atoms with Crippen molar-refractivity contribution >= 4 is 34.6 Å². The van der Waals surface area contributed by atoms with Crippen molar-refractivity contribution in [1.82, 2.24) is 4.90 Å². The van der Waals surface area contributed by atoms with E-state index in [1.54, 1.807) is 18.2 Å². The lowest BCUT2D eigenvalue weighted by Crippen LogP contribution is -2.33. The van der Waals surface area contributed by atoms with E-state index >= 15 is 0 Å². The molecule has 1 saturated heterocycles. The van der Waals surface area contributed by atoms with Crippen molar-refractivity contribution in [2.75, 3.05) is 13.1 Å². The molecule has 1 fully saturated rings. The van der Waals surface area contributed by atoms with Crippen molar-refractivity contribution in [3.05, 3.63) is 44.8 Å². The Labute approximate surface area is 132 Å². The molecule has 7 heteroatoms. The number of rotatable bonds is 2. The van der Waals surface area contributed by atoms with E-state index in [0.29, 0.717) is 10.5 Å². The van der Waals surface area contributed by atoms with Crippen LogP contribution in [0.2, 0.25) is 0 Å². The molecular weight excluding hydrogens is 302 g/mol. The van der Waals surface area contributed by atoms with Crippen LogP contribution in [0.15, 0.2) is 34.2 Å². The number of hydrogen-bond acceptors (Lipinski definition) is 5. The molecule has 0 bridgehead atoms. The molecule has 2 aliphatic heterocycles. The molecule has 1 amide bonds. The van der Waals surface area contributed by atoms with Crippen molar-refractivity contribution < 1.29 is 9.72 Å². The van der Waals surface area contributed by atoms with E-state index in [-0.39, 0.29) is 11.6 Å². The summed E-state index contributed by atoms with van der Waals surface area (Å²) < 4.78 is 0. The van der Waals surface area contributed by atoms with Crippen LogP contribution in [-0.2, 0) is 4.79 Å². The number of thioether (sulfide) groups is 1. The van der Waals surface area contributed by atoms with E-state index in [1.807, 2.05) is 0 Å². The zero-order valence-corrected chi connectivity index (χ0v) is 12.7. The van der Waals surface area contributed by atoms with Gasteiger partial charge >= 0.3 is 0 Å². The zero-order chi connectivity index (χ0) is 15.5. The van der Waals surface area contributed by atoms with Crippen molar-refractivity contribution in [3.63, 3.8) is 0 Å². The van der Waals surface area contributed by atoms with Crippen molar-refractivity contribution in [3.8, 4) is 0 Å². The van der Waals surface area contributed by atoms with Crippen LogP contribution in [0.5, 0.6) is 0 Å². The molecule has 114 valence electrons. The van der Waals surface area contributed by atoms with E-state index in [1.165, 1.54) is 30.3 Å². The number of nitro groups is 1. The minimum atomic E-state index is -0.443. The molecule has 1 aromatic rings. The fourth-order valence-corrected chi connectivity index (χ4v) is 3.46. The highest BCUT2D eigenvalue weighted by Gasteiger charge is 2.26. The van der Waals surface area contributed by atoms with E-state index in [9.17, 15) is 14.9 Å². The van der Waals surface area contributed by atoms with Gasteiger partial charge in [-0.25, -0.2) is 0 Å². The van der Waals surface area contributed by atoms with Gasteiger partial charge in [0.15, 0.2) is 5.17 Å². The number of piperidine rings is 1. The lowest BCUT2D eigenvalue weighted by atomic mass is 10.1. The van der Waals surface area contributed by atoms with Crippen LogP contribution < -0.4 is 0 Å². The van der Waals surface area contributed by atoms with Crippen molar-refractivity contribution in [2.45, 2.75) is 19.3 Å². The molecule has 0 radical (unpaired) electrons. The summed E-state index contributed by atoms with van der Waals surface area (Å²) in [7, 11) is 0. The second-order valence-electron chi connectivity index (χ2n) is 5.21. The highest BCUT2D eigenvalue weighted by molar-refractivity contribution is 8.18. The first-order valence-corrected chi connectivity index (χ1v) is 7.97. The Kier molecular flexibility index (Phi) is 4.24. The van der Waals surface area contributed by atoms with Gasteiger partial charge in [-0.2, -0.15) is 4.99 Å². The van der Waals surface area contributed by atoms with Crippen LogP contribution in [0, 0.1) is 10.1 Å². The van der Waals surface area contributed by atoms with Crippen molar-refractivity contribution in [2.24, 2.45) is 4.99 Å². The molecule has 22 heavy (non-hydrogen) atoms. The van der Waals surface area contributed by atoms with Gasteiger partial charge in [-0.1, -0.05) is 12.1 Å². The van der Waals surface area contributed by atoms with E-state index in [2.05, 4.69) is 9.89 Å². The monoisotopic (exact) mass is 317 g/mol. The van der Waals surface area contributed by atoms with Gasteiger partial charge in [0, 0.05) is 25.2 Å². The summed E-state index contributed by atoms with van der Waals surface area (Å²) in [6.07, 6.45) is 5.13. The summed E-state index contributed by atoms with van der Waals surface area (Å²) >= 11 is 1.35. The highest BCUT2D eigenvalue weighted by Crippen LogP contribution is 2.31. The first-order chi connectivity index (χ1) is 10.6. The maximum absolute atomic E-state index is 12.0. The summed E-state index contributed by atoms with van der Waals surface area (Å²) in [5.74, 6) is -0.267. The molecule has 6 nitrogen and oxygen atoms in total. The Morgan fingerprint density at radius 1 is 1.27 bits per heavy atom. The van der Waals surface area contributed by atoms with Gasteiger partial charge in [0.2, 0.25) is 0 Å². The minimum absolute atomic E-state index is 0.0157. The summed E-state index contributed by atoms with van der Waals surface area (Å²) in [6, 6.07) is 6.24. The summed E-state index contributed by atoms with van der Waals surface area (Å²) in [5, 5.41) is 11.5. The van der Waals surface area contributed by atoms with Crippen LogP contribution in [0.4, 0.5) is 5.69 Å². The number of nitro benzene ring substituents is 1. The number of hydrogen-bond donors (Lipinski definition) is 0. The Morgan fingerprint density at radius 2 is 2.05 bits per heavy atom. The van der Waals surface area contributed by atoms with Gasteiger partial charge < -0.3 is 4.90 Å². The number of non-ortho nitro benzene ring substituents is 1. The number of carbonyl (C=O) groups excluding carboxylic acids is 1. The van der Waals surface area contributed by atoms with Crippen LogP contribution in [0.1, 0.15) is 24.8 Å². The SMILES string of the molecule is O=C1N=C(N2CCCCC2)S/C1=C/c1cccc([N+](=O)[O-])c1. The first-order valence-electron chi connectivity index (χ1n) is 7.15. The normalized spacial score (nSPS) is 20.4. The fourth-order valence-electron chi connectivity index (χ4n) is 2.50. The summed E-state index contributed by atoms with van der Waals surface area (Å²) in [4.78, 5) is 29.1. The van der Waals surface area contributed by atoms with E-state index in [4.69, 9.17) is 0 Å². The second-order valence-corrected chi connectivity index (χ2v) is 6.22. The molecule has 2 aliphatic rings. The number of aliphatic imine (C=N–C) groups is 1. The second kappa shape index (κ2) is 6.31. The van der Waals surface area contributed by atoms with Gasteiger partial charge in [0.25, 0.3) is 11.6 Å². The summed E-state index contributed by atoms with van der Waals surface area (Å²) in [6.45, 7) is 1.87. The van der Waals surface area contributed by atoms with Gasteiger partial charge in [0.1, 0.15) is 0 Å². The molecule has 2 heterocycles. The Hall–Kier alpha value is -2.15. The topological polar surface area (TPSA) is 75.8 Å². The molecule has 0 aliphatic carbocycles. The molecule has 0 aromatic heterocycles. The van der Waals surface area contributed by atoms with E-state index in [0.717, 1.165) is 31.1 Å². The van der Waals surface area contributed by atoms with Crippen LogP contribution in [0.25, 0.3) is 6.08 Å². The number of carbonyl (C=O) groups is 1. The van der Waals surface area contributed by atoms with Gasteiger partial charge in [-0.05, 0) is 42.7 Å². The average Bonchev–Trinajstić information content (AvgIpc) is 2.89. The number of amidine groups is 1. The first kappa shape index (κ1) is 14.8. The predicted molar refractivity (Wildman–Crippen MR) is 86.5 cm³/mol. The smallest absolute Gasteiger partial charge is 0.286 e. The third-order valence-electron chi connectivity index (χ3n) is 3.61. The molecule has 3 rings (SSSR count). The van der Waals surface area contributed by atoms with Crippen LogP contribution in [-0.4, -0.2) is 34.0 Å². The third kappa shape index (κ3) is 3.19. The zero-order valence-electron chi connectivity index (χ0n) is 11.9. The molecule has 0 spiro atoms. The summed E-state index contributed by atoms with van der Waals surface area (Å²) in [5.41, 5.74) is 0.655. The van der Waals surface area contributed by atoms with E-state index < -0.39 is 4.92 Å². The third-order valence-corrected chi connectivity index (χ3v) is 4.66. The Balaban J connectivity index is 1.77. The highest BCUT2D eigenvalue weighted by atomic mass is 32.2. The molecule has 0 saturated carbocycles. The number of nitrogens with zero attached hydrogens (tertiary/aromatic N) is 3. The minimum Gasteiger partial charge on any atom is -0.351 e. The van der Waals surface area contributed by atoms with Crippen molar-refractivity contribution in [1.29, 1.82) is 0 Å². The fraction of sp³-hybridized carbons (Fsp3) is 0.333. The largest absolute Gasteiger partial charge is 0.351 e. The number of likely N-dealkylation sites (tertiary alicyclic amines) is 1. The average molecular weight is 317 g/mol. The Bertz CT molecular complexity index is 678. The molecule has 1 aromatic carbocycles. The molecule has 0 atom stereocenters. The lowest BCUT2D eigenvalue weighted by molar-refractivity contribution is -0.384. The predicted octanol–water partition coefficient (Wildman–Crippen LogP) is 3.05. The van der Waals surface area contributed by atoms with Gasteiger partial charge in [-0.3, -0.25) is 14.9 Å². The lowest BCUT2D eigenvalue weighted by Gasteiger charge is -2.27.